The molecule has 1 aromatic carbocycles. The van der Waals surface area contributed by atoms with Crippen LogP contribution in [0.1, 0.15) is 43.0 Å². The van der Waals surface area contributed by atoms with E-state index in [-0.39, 0.29) is 11.9 Å². The first kappa shape index (κ1) is 22.2. The molecule has 32 heavy (non-hydrogen) atoms. The Morgan fingerprint density at radius 2 is 1.81 bits per heavy atom. The molecular formula is C24H29FN6O. The Balaban J connectivity index is 1.58. The van der Waals surface area contributed by atoms with Crippen LogP contribution in [0.2, 0.25) is 0 Å². The molecule has 8 heteroatoms. The number of anilines is 1. The first-order valence-electron chi connectivity index (χ1n) is 10.9. The van der Waals surface area contributed by atoms with Gasteiger partial charge < -0.3 is 9.64 Å². The quantitative estimate of drug-likeness (QED) is 0.582. The Bertz CT molecular complexity index is 1040. The molecule has 2 aromatic heterocycles. The topological polar surface area (TPSA) is 67.3 Å². The lowest BCUT2D eigenvalue weighted by Gasteiger charge is -2.33. The summed E-state index contributed by atoms with van der Waals surface area (Å²) < 4.78 is 19.6. The highest BCUT2D eigenvalue weighted by Gasteiger charge is 2.27. The fraction of sp³-hybridized carbons (Fsp3) is 0.417. The molecule has 0 amide bonds. The minimum Gasteiger partial charge on any atom is -0.369 e. The standard InChI is InChI=1S/C24H29FN6O/c1-16(2)23-26-11-17(12-27-23)14-31-9-10-32-21(15-31)22-20(13-28-24(29-22)30(3)4)18-5-7-19(25)8-6-18/h5-8,11-13,16,21H,9-10,14-15H2,1-4H3/t21-/m0/s1. The lowest BCUT2D eigenvalue weighted by atomic mass is 10.0. The number of nitrogens with zero attached hydrogens (tertiary/aromatic N) is 6. The van der Waals surface area contributed by atoms with Crippen molar-refractivity contribution in [1.82, 2.24) is 24.8 Å². The zero-order chi connectivity index (χ0) is 22.7. The number of morpholine rings is 1. The van der Waals surface area contributed by atoms with E-state index in [0.717, 1.165) is 41.3 Å². The fourth-order valence-corrected chi connectivity index (χ4v) is 3.71. The van der Waals surface area contributed by atoms with E-state index < -0.39 is 0 Å². The van der Waals surface area contributed by atoms with E-state index in [1.54, 1.807) is 18.3 Å². The number of hydrogen-bond acceptors (Lipinski definition) is 7. The monoisotopic (exact) mass is 436 g/mol. The van der Waals surface area contributed by atoms with Gasteiger partial charge in [0, 0.05) is 69.4 Å². The molecule has 3 aromatic rings. The van der Waals surface area contributed by atoms with Crippen LogP contribution in [-0.4, -0.2) is 58.6 Å². The van der Waals surface area contributed by atoms with Crippen LogP contribution in [0.3, 0.4) is 0 Å². The molecule has 168 valence electrons. The molecule has 4 rings (SSSR count). The number of aromatic nitrogens is 4. The van der Waals surface area contributed by atoms with Crippen molar-refractivity contribution < 1.29 is 9.13 Å². The zero-order valence-electron chi connectivity index (χ0n) is 19.0. The molecule has 7 nitrogen and oxygen atoms in total. The second-order valence-corrected chi connectivity index (χ2v) is 8.57. The Labute approximate surface area is 188 Å². The van der Waals surface area contributed by atoms with Crippen LogP contribution in [0.25, 0.3) is 11.1 Å². The fourth-order valence-electron chi connectivity index (χ4n) is 3.71. The molecule has 3 heterocycles. The molecule has 1 saturated heterocycles. The third-order valence-electron chi connectivity index (χ3n) is 5.46. The summed E-state index contributed by atoms with van der Waals surface area (Å²) in [5, 5.41) is 0. The Hall–Kier alpha value is -2.97. The number of ether oxygens (including phenoxy) is 1. The maximum Gasteiger partial charge on any atom is 0.225 e. The summed E-state index contributed by atoms with van der Waals surface area (Å²) in [7, 11) is 3.82. The van der Waals surface area contributed by atoms with Crippen LogP contribution in [-0.2, 0) is 11.3 Å². The van der Waals surface area contributed by atoms with Gasteiger partial charge in [0.05, 0.1) is 12.3 Å². The highest BCUT2D eigenvalue weighted by Crippen LogP contribution is 2.32. The third-order valence-corrected chi connectivity index (χ3v) is 5.46. The van der Waals surface area contributed by atoms with E-state index in [1.807, 2.05) is 31.4 Å². The van der Waals surface area contributed by atoms with Crippen molar-refractivity contribution in [3.63, 3.8) is 0 Å². The van der Waals surface area contributed by atoms with Crippen molar-refractivity contribution in [2.24, 2.45) is 0 Å². The SMILES string of the molecule is CC(C)c1ncc(CN2CCO[C@H](c3nc(N(C)C)ncc3-c3ccc(F)cc3)C2)cn1. The molecule has 1 atom stereocenters. The maximum absolute atomic E-state index is 13.5. The van der Waals surface area contributed by atoms with Gasteiger partial charge in [-0.3, -0.25) is 4.90 Å². The van der Waals surface area contributed by atoms with Gasteiger partial charge in [0.25, 0.3) is 0 Å². The van der Waals surface area contributed by atoms with Crippen molar-refractivity contribution in [2.75, 3.05) is 38.7 Å². The highest BCUT2D eigenvalue weighted by molar-refractivity contribution is 5.66. The zero-order valence-corrected chi connectivity index (χ0v) is 19.0. The van der Waals surface area contributed by atoms with E-state index in [0.29, 0.717) is 25.0 Å². The van der Waals surface area contributed by atoms with Crippen LogP contribution >= 0.6 is 0 Å². The molecule has 0 unspecified atom stereocenters. The van der Waals surface area contributed by atoms with E-state index in [9.17, 15) is 4.39 Å². The summed E-state index contributed by atoms with van der Waals surface area (Å²) in [5.74, 6) is 1.51. The molecule has 0 radical (unpaired) electrons. The van der Waals surface area contributed by atoms with Crippen LogP contribution in [0.5, 0.6) is 0 Å². The van der Waals surface area contributed by atoms with Gasteiger partial charge in [0.15, 0.2) is 0 Å². The van der Waals surface area contributed by atoms with Gasteiger partial charge in [-0.2, -0.15) is 0 Å². The molecule has 1 aliphatic heterocycles. The summed E-state index contributed by atoms with van der Waals surface area (Å²) in [6, 6.07) is 6.41. The Morgan fingerprint density at radius 1 is 1.09 bits per heavy atom. The van der Waals surface area contributed by atoms with E-state index in [2.05, 4.69) is 33.7 Å². The summed E-state index contributed by atoms with van der Waals surface area (Å²) in [5.41, 5.74) is 3.61. The van der Waals surface area contributed by atoms with Crippen molar-refractivity contribution in [2.45, 2.75) is 32.4 Å². The smallest absolute Gasteiger partial charge is 0.225 e. The van der Waals surface area contributed by atoms with E-state index in [4.69, 9.17) is 9.72 Å². The predicted octanol–water partition coefficient (Wildman–Crippen LogP) is 3.84. The summed E-state index contributed by atoms with van der Waals surface area (Å²) in [6.07, 6.45) is 5.39. The van der Waals surface area contributed by atoms with Crippen LogP contribution in [0.4, 0.5) is 10.3 Å². The molecule has 0 saturated carbocycles. The van der Waals surface area contributed by atoms with Gasteiger partial charge in [-0.25, -0.2) is 24.3 Å². The number of rotatable bonds is 6. The largest absolute Gasteiger partial charge is 0.369 e. The van der Waals surface area contributed by atoms with Crippen LogP contribution < -0.4 is 4.90 Å². The minimum atomic E-state index is -0.271. The van der Waals surface area contributed by atoms with Crippen molar-refractivity contribution >= 4 is 5.95 Å². The first-order valence-corrected chi connectivity index (χ1v) is 10.9. The summed E-state index contributed by atoms with van der Waals surface area (Å²) in [6.45, 7) is 7.02. The molecule has 0 bridgehead atoms. The maximum atomic E-state index is 13.5. The Morgan fingerprint density at radius 3 is 2.47 bits per heavy atom. The van der Waals surface area contributed by atoms with Crippen LogP contribution in [0.15, 0.2) is 42.9 Å². The molecule has 0 spiro atoms. The molecule has 1 aliphatic rings. The number of hydrogen-bond donors (Lipinski definition) is 0. The third kappa shape index (κ3) is 5.08. The minimum absolute atomic E-state index is 0.221. The Kier molecular flexibility index (Phi) is 6.72. The molecular weight excluding hydrogens is 407 g/mol. The van der Waals surface area contributed by atoms with Crippen molar-refractivity contribution in [1.29, 1.82) is 0 Å². The van der Waals surface area contributed by atoms with Crippen molar-refractivity contribution in [3.8, 4) is 11.1 Å². The van der Waals surface area contributed by atoms with Gasteiger partial charge in [0.1, 0.15) is 17.7 Å². The van der Waals surface area contributed by atoms with Crippen LogP contribution in [0, 0.1) is 5.82 Å². The van der Waals surface area contributed by atoms with Gasteiger partial charge in [-0.05, 0) is 17.7 Å². The molecule has 0 aliphatic carbocycles. The lowest BCUT2D eigenvalue weighted by molar-refractivity contribution is -0.0347. The number of halogens is 1. The molecule has 0 N–H and O–H groups in total. The summed E-state index contributed by atoms with van der Waals surface area (Å²) >= 11 is 0. The van der Waals surface area contributed by atoms with Gasteiger partial charge in [-0.1, -0.05) is 26.0 Å². The second-order valence-electron chi connectivity index (χ2n) is 8.57. The van der Waals surface area contributed by atoms with Crippen molar-refractivity contribution in [3.05, 3.63) is 65.8 Å². The normalized spacial score (nSPS) is 17.0. The van der Waals surface area contributed by atoms with Gasteiger partial charge >= 0.3 is 0 Å². The van der Waals surface area contributed by atoms with E-state index in [1.165, 1.54) is 12.1 Å². The second kappa shape index (κ2) is 9.67. The van der Waals surface area contributed by atoms with Gasteiger partial charge in [-0.15, -0.1) is 0 Å². The summed E-state index contributed by atoms with van der Waals surface area (Å²) in [4.78, 5) is 22.5. The number of benzene rings is 1. The van der Waals surface area contributed by atoms with E-state index >= 15 is 0 Å². The average molecular weight is 437 g/mol. The predicted molar refractivity (Wildman–Crippen MR) is 122 cm³/mol. The highest BCUT2D eigenvalue weighted by atomic mass is 19.1. The van der Waals surface area contributed by atoms with Gasteiger partial charge in [0.2, 0.25) is 5.95 Å². The first-order chi connectivity index (χ1) is 15.4. The average Bonchev–Trinajstić information content (AvgIpc) is 2.80. The lowest BCUT2D eigenvalue weighted by Crippen LogP contribution is -2.38. The molecule has 1 fully saturated rings.